The molecule has 0 unspecified atom stereocenters. The summed E-state index contributed by atoms with van der Waals surface area (Å²) < 4.78 is 31.3. The Hall–Kier alpha value is -0.735. The normalized spacial score (nSPS) is 10.2. The number of aryl methyl sites for hydroxylation is 2. The summed E-state index contributed by atoms with van der Waals surface area (Å²) in [5, 5.41) is 21.8. The second-order valence-electron chi connectivity index (χ2n) is 3.64. The predicted molar refractivity (Wildman–Crippen MR) is 54.4 cm³/mol. The molecule has 98 valence electrons. The van der Waals surface area contributed by atoms with Gasteiger partial charge in [-0.1, -0.05) is 6.07 Å². The van der Waals surface area contributed by atoms with Gasteiger partial charge in [-0.3, -0.25) is 4.55 Å². The van der Waals surface area contributed by atoms with Crippen LogP contribution in [0.1, 0.15) is 31.8 Å². The first-order valence-corrected chi connectivity index (χ1v) is 6.05. The molecule has 7 nitrogen and oxygen atoms in total. The van der Waals surface area contributed by atoms with E-state index in [-0.39, 0.29) is 48.8 Å². The quantitative estimate of drug-likeness (QED) is 0.430. The predicted octanol–water partition coefficient (Wildman–Crippen LogP) is -7.71. The van der Waals surface area contributed by atoms with Gasteiger partial charge < -0.3 is 19.8 Å². The second-order valence-corrected chi connectivity index (χ2v) is 5.00. The molecule has 0 saturated heterocycles. The van der Waals surface area contributed by atoms with Gasteiger partial charge in [0.05, 0.1) is 11.9 Å². The third-order valence-corrected chi connectivity index (χ3v) is 3.27. The first-order valence-electron chi connectivity index (χ1n) is 4.61. The van der Waals surface area contributed by atoms with Gasteiger partial charge in [0.1, 0.15) is 4.90 Å². The number of carbonyl (C=O) groups excluding carboxylic acids is 2. The molecule has 0 aliphatic heterocycles. The van der Waals surface area contributed by atoms with Crippen LogP contribution in [0.5, 0.6) is 0 Å². The number of benzene rings is 1. The fourth-order valence-corrected chi connectivity index (χ4v) is 2.72. The third kappa shape index (κ3) is 4.13. The molecule has 0 amide bonds. The molecule has 0 aliphatic carbocycles. The van der Waals surface area contributed by atoms with Crippen LogP contribution in [0.25, 0.3) is 0 Å². The largest absolute Gasteiger partial charge is 1.00 e. The van der Waals surface area contributed by atoms with E-state index < -0.39 is 38.1 Å². The summed E-state index contributed by atoms with van der Waals surface area (Å²) >= 11 is 0. The number of rotatable bonds is 3. The van der Waals surface area contributed by atoms with E-state index in [1.54, 1.807) is 0 Å². The van der Waals surface area contributed by atoms with Gasteiger partial charge in [0.2, 0.25) is 0 Å². The zero-order valence-corrected chi connectivity index (χ0v) is 12.2. The van der Waals surface area contributed by atoms with Crippen LogP contribution in [0.15, 0.2) is 11.0 Å². The molecule has 0 bridgehead atoms. The summed E-state index contributed by atoms with van der Waals surface area (Å²) in [5.74, 6) is -3.80. The Balaban J connectivity index is 0. The fourth-order valence-electron chi connectivity index (χ4n) is 1.72. The van der Waals surface area contributed by atoms with E-state index in [1.807, 2.05) is 0 Å². The van der Waals surface area contributed by atoms with Crippen LogP contribution >= 0.6 is 0 Å². The molecule has 1 N–H and O–H groups in total. The molecule has 1 aromatic rings. The van der Waals surface area contributed by atoms with Crippen molar-refractivity contribution >= 4 is 22.1 Å². The van der Waals surface area contributed by atoms with E-state index in [1.165, 1.54) is 13.8 Å². The van der Waals surface area contributed by atoms with E-state index in [9.17, 15) is 28.2 Å². The summed E-state index contributed by atoms with van der Waals surface area (Å²) in [5.41, 5.74) is -1.85. The van der Waals surface area contributed by atoms with Crippen LogP contribution in [0.4, 0.5) is 0 Å². The second kappa shape index (κ2) is 7.32. The van der Waals surface area contributed by atoms with Crippen LogP contribution in [-0.4, -0.2) is 24.9 Å². The standard InChI is InChI=1S/C10H10O7S.2Li/c1-4-3-5(2)7(10(13)14)8(18(15,16)17)6(4)9(11)12;;/h3H,1-2H3,(H,11,12)(H,13,14)(H,15,16,17);;/q;2*+1/p-2. The van der Waals surface area contributed by atoms with Crippen molar-refractivity contribution in [3.05, 3.63) is 28.3 Å². The Kier molecular flexibility index (Phi) is 7.90. The smallest absolute Gasteiger partial charge is 0.545 e. The molecule has 0 atom stereocenters. The maximum Gasteiger partial charge on any atom is 1.00 e. The molecule has 0 heterocycles. The van der Waals surface area contributed by atoms with Crippen molar-refractivity contribution in [3.8, 4) is 0 Å². The Bertz CT molecular complexity index is 614. The molecule has 1 aromatic carbocycles. The van der Waals surface area contributed by atoms with E-state index in [2.05, 4.69) is 0 Å². The summed E-state index contributed by atoms with van der Waals surface area (Å²) in [6.07, 6.45) is 0. The van der Waals surface area contributed by atoms with E-state index >= 15 is 0 Å². The van der Waals surface area contributed by atoms with Gasteiger partial charge in [-0.25, -0.2) is 0 Å². The first-order chi connectivity index (χ1) is 8.07. The SMILES string of the molecule is Cc1cc(C)c(C(=O)[O-])c(S(=O)(=O)O)c1C(=O)[O-].[Li+].[Li+]. The molecule has 10 heteroatoms. The van der Waals surface area contributed by atoms with Gasteiger partial charge >= 0.3 is 37.7 Å². The van der Waals surface area contributed by atoms with Crippen molar-refractivity contribution in [2.75, 3.05) is 0 Å². The molecule has 0 saturated carbocycles. The topological polar surface area (TPSA) is 135 Å². The van der Waals surface area contributed by atoms with Gasteiger partial charge in [0, 0.05) is 11.1 Å². The van der Waals surface area contributed by atoms with Crippen LogP contribution in [0, 0.1) is 13.8 Å². The number of carbonyl (C=O) groups is 2. The van der Waals surface area contributed by atoms with E-state index in [4.69, 9.17) is 4.55 Å². The molecule has 0 aliphatic rings. The van der Waals surface area contributed by atoms with E-state index in [0.717, 1.165) is 6.07 Å². The minimum absolute atomic E-state index is 0. The molecule has 0 aromatic heterocycles. The maximum atomic E-state index is 11.2. The molecule has 0 radical (unpaired) electrons. The van der Waals surface area contributed by atoms with E-state index in [0.29, 0.717) is 0 Å². The summed E-state index contributed by atoms with van der Waals surface area (Å²) in [4.78, 5) is 20.5. The fraction of sp³-hybridized carbons (Fsp3) is 0.200. The Labute approximate surface area is 139 Å². The molecule has 20 heavy (non-hydrogen) atoms. The zero-order valence-electron chi connectivity index (χ0n) is 11.4. The van der Waals surface area contributed by atoms with Crippen molar-refractivity contribution in [3.63, 3.8) is 0 Å². The van der Waals surface area contributed by atoms with Crippen molar-refractivity contribution in [2.24, 2.45) is 0 Å². The van der Waals surface area contributed by atoms with Crippen molar-refractivity contribution in [1.29, 1.82) is 0 Å². The van der Waals surface area contributed by atoms with Crippen LogP contribution in [0.2, 0.25) is 0 Å². The monoisotopic (exact) mass is 286 g/mol. The van der Waals surface area contributed by atoms with Gasteiger partial charge in [-0.2, -0.15) is 8.42 Å². The minimum Gasteiger partial charge on any atom is -0.545 e. The molecule has 0 spiro atoms. The van der Waals surface area contributed by atoms with Crippen molar-refractivity contribution in [1.82, 2.24) is 0 Å². The van der Waals surface area contributed by atoms with Gasteiger partial charge in [-0.05, 0) is 25.0 Å². The Morgan fingerprint density at radius 1 is 1.00 bits per heavy atom. The van der Waals surface area contributed by atoms with Crippen LogP contribution < -0.4 is 47.9 Å². The van der Waals surface area contributed by atoms with Gasteiger partial charge in [-0.15, -0.1) is 0 Å². The number of carboxylic acids is 2. The van der Waals surface area contributed by atoms with Gasteiger partial charge in [0.15, 0.2) is 0 Å². The summed E-state index contributed by atoms with van der Waals surface area (Å²) in [6.45, 7) is 2.51. The molecule has 1 rings (SSSR count). The average Bonchev–Trinajstić information content (AvgIpc) is 2.13. The molecular formula is C10H8Li2O7S. The summed E-state index contributed by atoms with van der Waals surface area (Å²) in [7, 11) is -5.04. The first kappa shape index (κ1) is 21.6. The third-order valence-electron chi connectivity index (χ3n) is 2.34. The van der Waals surface area contributed by atoms with Crippen molar-refractivity contribution in [2.45, 2.75) is 18.7 Å². The number of carboxylic acid groups (broad SMARTS) is 2. The van der Waals surface area contributed by atoms with Crippen molar-refractivity contribution < 1.29 is 70.5 Å². The number of hydrogen-bond acceptors (Lipinski definition) is 6. The van der Waals surface area contributed by atoms with Crippen LogP contribution in [0.3, 0.4) is 0 Å². The van der Waals surface area contributed by atoms with Crippen LogP contribution in [-0.2, 0) is 10.1 Å². The Morgan fingerprint density at radius 2 is 1.30 bits per heavy atom. The van der Waals surface area contributed by atoms with Gasteiger partial charge in [0.25, 0.3) is 10.1 Å². The molecule has 0 fully saturated rings. The molecular weight excluding hydrogens is 278 g/mol. The average molecular weight is 286 g/mol. The number of aromatic carboxylic acids is 2. The Morgan fingerprint density at radius 3 is 1.50 bits per heavy atom. The maximum absolute atomic E-state index is 11.2. The minimum atomic E-state index is -5.04. The zero-order chi connectivity index (χ0) is 14.2. The number of hydrogen-bond donors (Lipinski definition) is 1. The summed E-state index contributed by atoms with van der Waals surface area (Å²) in [6, 6.07) is 1.16.